The molecule has 1 N–H and O–H groups in total. The highest BCUT2D eigenvalue weighted by molar-refractivity contribution is 5.98. The van der Waals surface area contributed by atoms with Crippen LogP contribution in [0.4, 0.5) is 4.79 Å². The molecule has 0 unspecified atom stereocenters. The van der Waals surface area contributed by atoms with Crippen molar-refractivity contribution in [3.05, 3.63) is 12.2 Å². The summed E-state index contributed by atoms with van der Waals surface area (Å²) in [6, 6.07) is -0.196. The van der Waals surface area contributed by atoms with Crippen LogP contribution in [-0.4, -0.2) is 28.9 Å². The number of carbonyl (C=O) groups is 2. The van der Waals surface area contributed by atoms with Crippen molar-refractivity contribution in [2.24, 2.45) is 0 Å². The normalized spacial score (nSPS) is 23.1. The van der Waals surface area contributed by atoms with Gasteiger partial charge in [-0.2, -0.15) is 0 Å². The Morgan fingerprint density at radius 2 is 2.00 bits per heavy atom. The van der Waals surface area contributed by atoms with Gasteiger partial charge in [-0.15, -0.1) is 0 Å². The van der Waals surface area contributed by atoms with Gasteiger partial charge < -0.3 is 5.32 Å². The van der Waals surface area contributed by atoms with Gasteiger partial charge in [-0.05, 0) is 25.7 Å². The Morgan fingerprint density at radius 1 is 1.28 bits per heavy atom. The van der Waals surface area contributed by atoms with Crippen molar-refractivity contribution in [1.29, 1.82) is 0 Å². The lowest BCUT2D eigenvalue weighted by Crippen LogP contribution is -2.61. The summed E-state index contributed by atoms with van der Waals surface area (Å²) in [6.45, 7) is 2.57. The molecule has 1 saturated heterocycles. The van der Waals surface area contributed by atoms with Crippen LogP contribution in [0, 0.1) is 0 Å². The fraction of sp³-hybridized carbons (Fsp3) is 0.714. The lowest BCUT2D eigenvalue weighted by molar-refractivity contribution is -0.131. The van der Waals surface area contributed by atoms with Crippen LogP contribution in [-0.2, 0) is 4.79 Å². The number of amides is 3. The molecule has 1 aliphatic carbocycles. The molecular weight excluding hydrogens is 228 g/mol. The van der Waals surface area contributed by atoms with Gasteiger partial charge in [0.1, 0.15) is 0 Å². The average molecular weight is 250 g/mol. The summed E-state index contributed by atoms with van der Waals surface area (Å²) in [5.74, 6) is -0.00875. The maximum atomic E-state index is 12.1. The zero-order chi connectivity index (χ0) is 13.0. The highest BCUT2D eigenvalue weighted by Gasteiger charge is 2.44. The minimum Gasteiger partial charge on any atom is -0.332 e. The summed E-state index contributed by atoms with van der Waals surface area (Å²) in [4.78, 5) is 25.4. The molecule has 18 heavy (non-hydrogen) atoms. The summed E-state index contributed by atoms with van der Waals surface area (Å²) in [5.41, 5.74) is -0.218. The van der Waals surface area contributed by atoms with Crippen molar-refractivity contribution in [1.82, 2.24) is 10.2 Å². The number of nitrogens with one attached hydrogen (secondary N) is 1. The first-order valence-corrected chi connectivity index (χ1v) is 6.94. The lowest BCUT2D eigenvalue weighted by Gasteiger charge is -2.38. The predicted molar refractivity (Wildman–Crippen MR) is 70.1 cm³/mol. The minimum absolute atomic E-state index is 0.00875. The molecule has 0 atom stereocenters. The molecule has 1 aliphatic heterocycles. The number of nitrogens with zero attached hydrogens (tertiary/aromatic N) is 1. The second-order valence-electron chi connectivity index (χ2n) is 5.31. The first kappa shape index (κ1) is 13.1. The summed E-state index contributed by atoms with van der Waals surface area (Å²) < 4.78 is 0. The van der Waals surface area contributed by atoms with Gasteiger partial charge in [-0.3, -0.25) is 9.69 Å². The molecule has 4 heteroatoms. The SMILES string of the molecule is CCC=CCCN1C(=O)CC2(CCCC2)NC1=O. The number of imide groups is 1. The third-order valence-corrected chi connectivity index (χ3v) is 3.89. The zero-order valence-corrected chi connectivity index (χ0v) is 11.1. The molecule has 0 aromatic carbocycles. The molecule has 2 aliphatic rings. The molecule has 3 amide bonds. The van der Waals surface area contributed by atoms with Gasteiger partial charge in [-0.1, -0.05) is 31.9 Å². The molecule has 100 valence electrons. The van der Waals surface area contributed by atoms with E-state index in [9.17, 15) is 9.59 Å². The first-order valence-electron chi connectivity index (χ1n) is 6.94. The van der Waals surface area contributed by atoms with Crippen LogP contribution in [0.25, 0.3) is 0 Å². The monoisotopic (exact) mass is 250 g/mol. The van der Waals surface area contributed by atoms with E-state index in [0.717, 1.165) is 38.5 Å². The molecule has 2 fully saturated rings. The number of hydrogen-bond donors (Lipinski definition) is 1. The Kier molecular flexibility index (Phi) is 4.04. The molecule has 4 nitrogen and oxygen atoms in total. The van der Waals surface area contributed by atoms with Gasteiger partial charge in [-0.25, -0.2) is 4.79 Å². The number of carbonyl (C=O) groups excluding carboxylic acids is 2. The fourth-order valence-electron chi connectivity index (χ4n) is 2.90. The maximum absolute atomic E-state index is 12.1. The molecule has 0 radical (unpaired) electrons. The van der Waals surface area contributed by atoms with Crippen molar-refractivity contribution in [2.45, 2.75) is 57.4 Å². The van der Waals surface area contributed by atoms with E-state index >= 15 is 0 Å². The molecule has 0 bridgehead atoms. The maximum Gasteiger partial charge on any atom is 0.324 e. The van der Waals surface area contributed by atoms with Gasteiger partial charge >= 0.3 is 6.03 Å². The van der Waals surface area contributed by atoms with E-state index in [-0.39, 0.29) is 17.5 Å². The summed E-state index contributed by atoms with van der Waals surface area (Å²) >= 11 is 0. The Morgan fingerprint density at radius 3 is 2.61 bits per heavy atom. The van der Waals surface area contributed by atoms with Crippen LogP contribution in [0.5, 0.6) is 0 Å². The second kappa shape index (κ2) is 5.55. The molecule has 2 rings (SSSR count). The van der Waals surface area contributed by atoms with Gasteiger partial charge in [0.2, 0.25) is 5.91 Å². The van der Waals surface area contributed by atoms with Gasteiger partial charge in [0, 0.05) is 6.54 Å². The Balaban J connectivity index is 1.92. The van der Waals surface area contributed by atoms with E-state index in [1.165, 1.54) is 4.90 Å². The summed E-state index contributed by atoms with van der Waals surface area (Å²) in [6.07, 6.45) is 10.5. The summed E-state index contributed by atoms with van der Waals surface area (Å²) in [7, 11) is 0. The topological polar surface area (TPSA) is 49.4 Å². The smallest absolute Gasteiger partial charge is 0.324 e. The molecule has 1 saturated carbocycles. The fourth-order valence-corrected chi connectivity index (χ4v) is 2.90. The van der Waals surface area contributed by atoms with Gasteiger partial charge in [0.25, 0.3) is 0 Å². The van der Waals surface area contributed by atoms with Gasteiger partial charge in [0.15, 0.2) is 0 Å². The van der Waals surface area contributed by atoms with Crippen LogP contribution >= 0.6 is 0 Å². The quantitative estimate of drug-likeness (QED) is 0.780. The van der Waals surface area contributed by atoms with E-state index in [2.05, 4.69) is 18.3 Å². The van der Waals surface area contributed by atoms with Crippen molar-refractivity contribution in [2.75, 3.05) is 6.54 Å². The number of urea groups is 1. The van der Waals surface area contributed by atoms with Gasteiger partial charge in [0.05, 0.1) is 12.0 Å². The van der Waals surface area contributed by atoms with Crippen LogP contribution in [0.3, 0.4) is 0 Å². The number of hydrogen-bond acceptors (Lipinski definition) is 2. The third kappa shape index (κ3) is 2.74. The highest BCUT2D eigenvalue weighted by atomic mass is 16.2. The molecule has 0 aromatic rings. The second-order valence-corrected chi connectivity index (χ2v) is 5.31. The van der Waals surface area contributed by atoms with E-state index < -0.39 is 0 Å². The standard InChI is InChI=1S/C14H22N2O2/c1-2-3-4-7-10-16-12(17)11-14(15-13(16)18)8-5-6-9-14/h3-4H,2,5-11H2,1H3,(H,15,18). The lowest BCUT2D eigenvalue weighted by atomic mass is 9.91. The number of allylic oxidation sites excluding steroid dienone is 1. The Bertz CT molecular complexity index is 337. The van der Waals surface area contributed by atoms with Crippen LogP contribution in [0.1, 0.15) is 51.9 Å². The molecular formula is C14H22N2O2. The van der Waals surface area contributed by atoms with Crippen molar-refractivity contribution < 1.29 is 9.59 Å². The van der Waals surface area contributed by atoms with Crippen LogP contribution < -0.4 is 5.32 Å². The average Bonchev–Trinajstić information content (AvgIpc) is 2.75. The number of rotatable bonds is 4. The van der Waals surface area contributed by atoms with Crippen molar-refractivity contribution in [3.8, 4) is 0 Å². The highest BCUT2D eigenvalue weighted by Crippen LogP contribution is 2.35. The van der Waals surface area contributed by atoms with E-state index in [0.29, 0.717) is 13.0 Å². The van der Waals surface area contributed by atoms with E-state index in [1.807, 2.05) is 6.08 Å². The first-order chi connectivity index (χ1) is 8.67. The minimum atomic E-state index is -0.218. The Hall–Kier alpha value is -1.32. The van der Waals surface area contributed by atoms with Crippen LogP contribution in [0.2, 0.25) is 0 Å². The Labute approximate surface area is 108 Å². The summed E-state index contributed by atoms with van der Waals surface area (Å²) in [5, 5.41) is 3.06. The van der Waals surface area contributed by atoms with Crippen molar-refractivity contribution >= 4 is 11.9 Å². The molecule has 0 aromatic heterocycles. The largest absolute Gasteiger partial charge is 0.332 e. The van der Waals surface area contributed by atoms with Crippen LogP contribution in [0.15, 0.2) is 12.2 Å². The van der Waals surface area contributed by atoms with Crippen molar-refractivity contribution in [3.63, 3.8) is 0 Å². The molecule has 1 heterocycles. The van der Waals surface area contributed by atoms with E-state index in [4.69, 9.17) is 0 Å². The predicted octanol–water partition coefficient (Wildman–Crippen LogP) is 2.60. The zero-order valence-electron chi connectivity index (χ0n) is 11.1. The third-order valence-electron chi connectivity index (χ3n) is 3.89. The van der Waals surface area contributed by atoms with E-state index in [1.54, 1.807) is 0 Å². The molecule has 1 spiro atoms.